The van der Waals surface area contributed by atoms with Crippen molar-refractivity contribution in [3.05, 3.63) is 0 Å². The van der Waals surface area contributed by atoms with Crippen LogP contribution >= 0.6 is 0 Å². The van der Waals surface area contributed by atoms with Gasteiger partial charge in [-0.05, 0) is 43.4 Å². The summed E-state index contributed by atoms with van der Waals surface area (Å²) in [6.45, 7) is 0.977. The number of carbonyl (C=O) groups excluding carboxylic acids is 1. The first-order valence-electron chi connectivity index (χ1n) is 9.75. The van der Waals surface area contributed by atoms with Crippen LogP contribution in [0, 0.1) is 29.6 Å². The Hall–Kier alpha value is -0.530. The molecule has 0 aromatic rings. The van der Waals surface area contributed by atoms with Gasteiger partial charge in [-0.2, -0.15) is 0 Å². The molecule has 11 unspecified atom stereocenters. The molecule has 25 heavy (non-hydrogen) atoms. The zero-order valence-electron chi connectivity index (χ0n) is 15.4. The van der Waals surface area contributed by atoms with E-state index in [0.717, 1.165) is 25.8 Å². The van der Waals surface area contributed by atoms with E-state index in [1.54, 1.807) is 14.2 Å². The number of likely N-dealkylation sites (N-methyl/N-ethyl adjacent to an activating group) is 1. The van der Waals surface area contributed by atoms with Crippen LogP contribution in [-0.2, 0) is 14.3 Å². The molecule has 4 fully saturated rings. The highest BCUT2D eigenvalue weighted by Gasteiger charge is 2.63. The predicted octanol–water partition coefficient (Wildman–Crippen LogP) is -1.75. The van der Waals surface area contributed by atoms with Gasteiger partial charge in [0.15, 0.2) is 5.78 Å². The van der Waals surface area contributed by atoms with Crippen molar-refractivity contribution in [2.45, 2.75) is 56.1 Å². The quantitative estimate of drug-likeness (QED) is 0.616. The van der Waals surface area contributed by atoms with Gasteiger partial charge in [0.05, 0.1) is 25.8 Å². The molecule has 0 radical (unpaired) electrons. The zero-order valence-corrected chi connectivity index (χ0v) is 15.4. The van der Waals surface area contributed by atoms with Crippen molar-refractivity contribution in [2.24, 2.45) is 29.6 Å². The van der Waals surface area contributed by atoms with Gasteiger partial charge in [0.1, 0.15) is 6.04 Å². The summed E-state index contributed by atoms with van der Waals surface area (Å²) in [6, 6.07) is -0.0782. The van der Waals surface area contributed by atoms with Crippen LogP contribution < -0.4 is 10.0 Å². The molecule has 4 aliphatic rings. The van der Waals surface area contributed by atoms with Crippen molar-refractivity contribution in [3.63, 3.8) is 0 Å². The molecule has 0 spiro atoms. The van der Waals surface area contributed by atoms with Crippen molar-refractivity contribution in [1.29, 1.82) is 0 Å². The van der Waals surface area contributed by atoms with E-state index in [0.29, 0.717) is 12.3 Å². The number of aliphatic hydroxyl groups is 1. The number of methoxy groups -OCH3 is 2. The van der Waals surface area contributed by atoms with E-state index in [-0.39, 0.29) is 47.7 Å². The SMILES string of the molecule is COC1CC2CC[NH+](C)C3C(=O)C4CCC(OC)C(O)C4C(C1[O-])C23. The van der Waals surface area contributed by atoms with Gasteiger partial charge in [0.2, 0.25) is 0 Å². The number of aliphatic hydroxyl groups excluding tert-OH is 1. The highest BCUT2D eigenvalue weighted by Crippen LogP contribution is 2.53. The highest BCUT2D eigenvalue weighted by molar-refractivity contribution is 5.87. The molecule has 0 bridgehead atoms. The lowest BCUT2D eigenvalue weighted by Gasteiger charge is -2.62. The van der Waals surface area contributed by atoms with Crippen LogP contribution in [0.25, 0.3) is 0 Å². The van der Waals surface area contributed by atoms with Crippen LogP contribution in [0.4, 0.5) is 0 Å². The van der Waals surface area contributed by atoms with Gasteiger partial charge in [-0.15, -0.1) is 0 Å². The molecular formula is C19H31NO5. The molecule has 2 N–H and O–H groups in total. The number of fused-ring (bicyclic) bond motifs is 2. The van der Waals surface area contributed by atoms with Crippen LogP contribution in [-0.4, -0.2) is 69.2 Å². The van der Waals surface area contributed by atoms with Crippen LogP contribution in [0.5, 0.6) is 0 Å². The molecule has 1 aliphatic heterocycles. The Morgan fingerprint density at radius 3 is 2.48 bits per heavy atom. The van der Waals surface area contributed by atoms with Crippen molar-refractivity contribution >= 4 is 5.78 Å². The number of rotatable bonds is 2. The summed E-state index contributed by atoms with van der Waals surface area (Å²) in [7, 11) is 5.32. The maximum atomic E-state index is 13.3. The monoisotopic (exact) mass is 353 g/mol. The van der Waals surface area contributed by atoms with Crippen LogP contribution in [0.3, 0.4) is 0 Å². The Morgan fingerprint density at radius 1 is 1.08 bits per heavy atom. The summed E-state index contributed by atoms with van der Waals surface area (Å²) >= 11 is 0. The molecule has 3 aliphatic carbocycles. The summed E-state index contributed by atoms with van der Waals surface area (Å²) in [6.07, 6.45) is 1.02. The van der Waals surface area contributed by atoms with Crippen molar-refractivity contribution < 1.29 is 29.4 Å². The highest BCUT2D eigenvalue weighted by atomic mass is 16.5. The van der Waals surface area contributed by atoms with Crippen molar-refractivity contribution in [1.82, 2.24) is 0 Å². The maximum Gasteiger partial charge on any atom is 0.193 e. The number of carbonyl (C=O) groups is 1. The van der Waals surface area contributed by atoms with Crippen molar-refractivity contribution in [3.8, 4) is 0 Å². The molecule has 6 heteroatoms. The maximum absolute atomic E-state index is 13.3. The fourth-order valence-electron chi connectivity index (χ4n) is 6.72. The number of nitrogens with one attached hydrogen (secondary N) is 1. The molecule has 0 amide bonds. The fraction of sp³-hybridized carbons (Fsp3) is 0.947. The molecule has 3 saturated carbocycles. The van der Waals surface area contributed by atoms with Gasteiger partial charge in [-0.25, -0.2) is 0 Å². The molecule has 0 aromatic carbocycles. The van der Waals surface area contributed by atoms with Gasteiger partial charge in [-0.3, -0.25) is 4.79 Å². The minimum absolute atomic E-state index is 0.0782. The summed E-state index contributed by atoms with van der Waals surface area (Å²) in [5.41, 5.74) is 0. The fourth-order valence-corrected chi connectivity index (χ4v) is 6.72. The van der Waals surface area contributed by atoms with E-state index in [9.17, 15) is 15.0 Å². The van der Waals surface area contributed by atoms with E-state index in [1.807, 2.05) is 0 Å². The number of ether oxygens (including phenoxy) is 2. The number of hydrogen-bond acceptors (Lipinski definition) is 5. The van der Waals surface area contributed by atoms with Crippen LogP contribution in [0.15, 0.2) is 0 Å². The summed E-state index contributed by atoms with van der Waals surface area (Å²) < 4.78 is 11.0. The zero-order chi connectivity index (χ0) is 17.9. The number of ketones is 1. The number of quaternary nitrogens is 1. The number of hydrogen-bond donors (Lipinski definition) is 2. The lowest BCUT2D eigenvalue weighted by Crippen LogP contribution is -3.17. The van der Waals surface area contributed by atoms with Crippen LogP contribution in [0.2, 0.25) is 0 Å². The Kier molecular flexibility index (Phi) is 4.69. The standard InChI is InChI=1S/C19H30NO5/c1-20-7-6-9-8-12(25-3)19(23)15-13(9)16(20)17(21)10-4-5-11(24-2)18(22)14(10)15/h9-16,18-19,22H,4-8H2,1-3H3/q-1/p+1. The molecule has 1 saturated heterocycles. The molecule has 142 valence electrons. The third-order valence-electron chi connectivity index (χ3n) is 7.82. The van der Waals surface area contributed by atoms with E-state index < -0.39 is 12.2 Å². The lowest BCUT2D eigenvalue weighted by molar-refractivity contribution is -0.910. The van der Waals surface area contributed by atoms with E-state index in [1.165, 1.54) is 4.90 Å². The summed E-state index contributed by atoms with van der Waals surface area (Å²) in [4.78, 5) is 14.6. The topological polar surface area (TPSA) is 83.3 Å². The first-order chi connectivity index (χ1) is 12.0. The lowest BCUT2D eigenvalue weighted by atomic mass is 9.49. The average Bonchev–Trinajstić information content (AvgIpc) is 2.61. The third kappa shape index (κ3) is 2.52. The summed E-state index contributed by atoms with van der Waals surface area (Å²) in [5.74, 6) is 0.0509. The minimum atomic E-state index is -0.870. The largest absolute Gasteiger partial charge is 0.850 e. The van der Waals surface area contributed by atoms with E-state index in [4.69, 9.17) is 9.47 Å². The van der Waals surface area contributed by atoms with Gasteiger partial charge in [0.25, 0.3) is 0 Å². The Labute approximate surface area is 149 Å². The van der Waals surface area contributed by atoms with E-state index >= 15 is 0 Å². The molecular weight excluding hydrogens is 322 g/mol. The Morgan fingerprint density at radius 2 is 1.80 bits per heavy atom. The van der Waals surface area contributed by atoms with Gasteiger partial charge < -0.3 is 24.6 Å². The minimum Gasteiger partial charge on any atom is -0.850 e. The first-order valence-corrected chi connectivity index (χ1v) is 9.75. The number of likely N-dealkylation sites (tertiary alicyclic amines) is 1. The predicted molar refractivity (Wildman–Crippen MR) is 87.9 cm³/mol. The number of Topliss-reactive ketones (excluding diaryl/α,β-unsaturated/α-hetero) is 1. The molecule has 11 atom stereocenters. The molecule has 0 aromatic heterocycles. The number of piperidine rings is 1. The second-order valence-corrected chi connectivity index (χ2v) is 8.68. The summed E-state index contributed by atoms with van der Waals surface area (Å²) in [5, 5.41) is 24.3. The van der Waals surface area contributed by atoms with Gasteiger partial charge in [-0.1, -0.05) is 6.10 Å². The molecule has 4 rings (SSSR count). The van der Waals surface area contributed by atoms with Gasteiger partial charge in [0, 0.05) is 32.2 Å². The van der Waals surface area contributed by atoms with Crippen molar-refractivity contribution in [2.75, 3.05) is 27.8 Å². The van der Waals surface area contributed by atoms with Gasteiger partial charge >= 0.3 is 0 Å². The Bertz CT molecular complexity index is 528. The molecule has 6 nitrogen and oxygen atoms in total. The normalized spacial score (nSPS) is 55.4. The second-order valence-electron chi connectivity index (χ2n) is 8.68. The molecule has 1 heterocycles. The first kappa shape index (κ1) is 17.9. The average molecular weight is 353 g/mol. The second kappa shape index (κ2) is 6.57. The van der Waals surface area contributed by atoms with E-state index in [2.05, 4.69) is 7.05 Å². The van der Waals surface area contributed by atoms with Crippen LogP contribution in [0.1, 0.15) is 25.7 Å². The Balaban J connectivity index is 1.76. The smallest absolute Gasteiger partial charge is 0.193 e. The third-order valence-corrected chi connectivity index (χ3v) is 7.82.